The van der Waals surface area contributed by atoms with Crippen molar-refractivity contribution in [3.8, 4) is 0 Å². The van der Waals surface area contributed by atoms with Crippen LogP contribution >= 0.6 is 11.6 Å². The van der Waals surface area contributed by atoms with Crippen LogP contribution in [0.4, 0.5) is 0 Å². The second-order valence-corrected chi connectivity index (χ2v) is 8.46. The first-order chi connectivity index (χ1) is 14.1. The number of hydrogen-bond donors (Lipinski definition) is 2. The van der Waals surface area contributed by atoms with Gasteiger partial charge >= 0.3 is 5.69 Å². The monoisotopic (exact) mass is 416 g/mol. The fraction of sp³-hybridized carbons (Fsp3) is 0.571. The fourth-order valence-electron chi connectivity index (χ4n) is 4.04. The van der Waals surface area contributed by atoms with E-state index in [0.29, 0.717) is 6.54 Å². The molecule has 2 heterocycles. The minimum atomic E-state index is 0.0272. The molecule has 1 fully saturated rings. The van der Waals surface area contributed by atoms with Gasteiger partial charge in [0, 0.05) is 50.1 Å². The Labute approximate surface area is 176 Å². The summed E-state index contributed by atoms with van der Waals surface area (Å²) in [6.45, 7) is 2.99. The molecule has 0 radical (unpaired) electrons. The van der Waals surface area contributed by atoms with Crippen LogP contribution in [0.1, 0.15) is 43.5 Å². The fourth-order valence-corrected chi connectivity index (χ4v) is 4.23. The normalized spacial score (nSPS) is 17.7. The number of nitrogens with zero attached hydrogens (tertiary/aromatic N) is 4. The molecule has 29 heavy (non-hydrogen) atoms. The second kappa shape index (κ2) is 8.61. The molecule has 0 saturated heterocycles. The van der Waals surface area contributed by atoms with Crippen LogP contribution in [-0.2, 0) is 24.9 Å². The van der Waals surface area contributed by atoms with Gasteiger partial charge in [0.15, 0.2) is 5.96 Å². The van der Waals surface area contributed by atoms with E-state index < -0.39 is 0 Å². The zero-order valence-electron chi connectivity index (χ0n) is 17.0. The molecule has 7 nitrogen and oxygen atoms in total. The Hall–Kier alpha value is -2.28. The molecule has 156 valence electrons. The summed E-state index contributed by atoms with van der Waals surface area (Å²) in [5.41, 5.74) is 1.47. The minimum Gasteiger partial charge on any atom is -0.356 e. The van der Waals surface area contributed by atoms with Gasteiger partial charge in [0.1, 0.15) is 5.82 Å². The summed E-state index contributed by atoms with van der Waals surface area (Å²) in [7, 11) is 1.78. The van der Waals surface area contributed by atoms with E-state index in [9.17, 15) is 4.79 Å². The summed E-state index contributed by atoms with van der Waals surface area (Å²) in [6, 6.07) is 8.14. The van der Waals surface area contributed by atoms with Crippen molar-refractivity contribution >= 4 is 17.6 Å². The highest BCUT2D eigenvalue weighted by molar-refractivity contribution is 6.30. The number of aryl methyl sites for hydroxylation is 2. The number of halogens is 1. The molecule has 1 aliphatic carbocycles. The number of fused-ring (bicyclic) bond motifs is 1. The van der Waals surface area contributed by atoms with Gasteiger partial charge in [-0.3, -0.25) is 9.56 Å². The molecule has 1 aliphatic heterocycles. The summed E-state index contributed by atoms with van der Waals surface area (Å²) in [4.78, 5) is 16.7. The van der Waals surface area contributed by atoms with E-state index in [1.165, 1.54) is 5.56 Å². The molecule has 0 bridgehead atoms. The lowest BCUT2D eigenvalue weighted by atomic mass is 9.96. The molecule has 0 atom stereocenters. The SMILES string of the molecule is CN=C(NCCCn1nc2n(c1=O)CCCC2)NCC1(c2cccc(Cl)c2)CC1. The van der Waals surface area contributed by atoms with Crippen LogP contribution in [0.25, 0.3) is 0 Å². The summed E-state index contributed by atoms with van der Waals surface area (Å²) >= 11 is 6.16. The first-order valence-electron chi connectivity index (χ1n) is 10.5. The minimum absolute atomic E-state index is 0.0272. The lowest BCUT2D eigenvalue weighted by Gasteiger charge is -2.19. The van der Waals surface area contributed by atoms with Gasteiger partial charge in [-0.1, -0.05) is 23.7 Å². The number of benzene rings is 1. The van der Waals surface area contributed by atoms with Crippen LogP contribution in [0.3, 0.4) is 0 Å². The molecule has 4 rings (SSSR count). The Balaban J connectivity index is 1.24. The molecule has 0 spiro atoms. The van der Waals surface area contributed by atoms with E-state index in [1.54, 1.807) is 11.7 Å². The number of rotatable bonds is 7. The Morgan fingerprint density at radius 1 is 1.31 bits per heavy atom. The Kier molecular flexibility index (Phi) is 5.94. The predicted octanol–water partition coefficient (Wildman–Crippen LogP) is 2.32. The van der Waals surface area contributed by atoms with Crippen LogP contribution in [0.5, 0.6) is 0 Å². The van der Waals surface area contributed by atoms with Crippen LogP contribution in [-0.4, -0.2) is 40.4 Å². The maximum atomic E-state index is 12.4. The van der Waals surface area contributed by atoms with Crippen LogP contribution in [0, 0.1) is 0 Å². The van der Waals surface area contributed by atoms with E-state index in [1.807, 2.05) is 16.7 Å². The average Bonchev–Trinajstić information content (AvgIpc) is 3.47. The van der Waals surface area contributed by atoms with Crippen molar-refractivity contribution in [2.75, 3.05) is 20.1 Å². The first-order valence-corrected chi connectivity index (χ1v) is 10.9. The lowest BCUT2D eigenvalue weighted by Crippen LogP contribution is -2.41. The smallest absolute Gasteiger partial charge is 0.345 e. The van der Waals surface area contributed by atoms with Crippen molar-refractivity contribution in [3.63, 3.8) is 0 Å². The van der Waals surface area contributed by atoms with Crippen LogP contribution in [0.2, 0.25) is 5.02 Å². The number of aromatic nitrogens is 3. The highest BCUT2D eigenvalue weighted by atomic mass is 35.5. The third-order valence-electron chi connectivity index (χ3n) is 5.98. The Bertz CT molecular complexity index is 943. The van der Waals surface area contributed by atoms with E-state index in [4.69, 9.17) is 11.6 Å². The van der Waals surface area contributed by atoms with Gasteiger partial charge in [-0.25, -0.2) is 9.48 Å². The molecule has 0 unspecified atom stereocenters. The van der Waals surface area contributed by atoms with Crippen LogP contribution in [0.15, 0.2) is 34.1 Å². The predicted molar refractivity (Wildman–Crippen MR) is 116 cm³/mol. The third kappa shape index (κ3) is 4.50. The number of guanidine groups is 1. The standard InChI is InChI=1S/C21H29ClN6O/c1-23-19(25-15-21(9-10-21)16-6-4-7-17(22)14-16)24-11-5-13-28-20(29)27-12-3-2-8-18(27)26-28/h4,6-7,14H,2-3,5,8-13,15H2,1H3,(H2,23,24,25). The molecule has 1 aromatic carbocycles. The molecule has 1 saturated carbocycles. The summed E-state index contributed by atoms with van der Waals surface area (Å²) in [5.74, 6) is 1.72. The topological polar surface area (TPSA) is 76.2 Å². The van der Waals surface area contributed by atoms with E-state index in [-0.39, 0.29) is 11.1 Å². The van der Waals surface area contributed by atoms with E-state index in [0.717, 1.165) is 75.0 Å². The van der Waals surface area contributed by atoms with Crippen molar-refractivity contribution < 1.29 is 0 Å². The molecule has 2 aliphatic rings. The largest absolute Gasteiger partial charge is 0.356 e. The summed E-state index contributed by atoms with van der Waals surface area (Å²) in [5, 5.41) is 12.1. The molecule has 0 amide bonds. The van der Waals surface area contributed by atoms with Crippen molar-refractivity contribution in [2.24, 2.45) is 4.99 Å². The number of nitrogens with one attached hydrogen (secondary N) is 2. The van der Waals surface area contributed by atoms with Gasteiger partial charge < -0.3 is 10.6 Å². The quantitative estimate of drug-likeness (QED) is 0.412. The molecular weight excluding hydrogens is 388 g/mol. The molecule has 2 aromatic rings. The average molecular weight is 417 g/mol. The zero-order valence-corrected chi connectivity index (χ0v) is 17.7. The molecular formula is C21H29ClN6O. The Morgan fingerprint density at radius 2 is 2.17 bits per heavy atom. The molecule has 8 heteroatoms. The van der Waals surface area contributed by atoms with E-state index >= 15 is 0 Å². The molecule has 2 N–H and O–H groups in total. The van der Waals surface area contributed by atoms with Gasteiger partial charge in [0.05, 0.1) is 0 Å². The zero-order chi connectivity index (χ0) is 20.3. The highest BCUT2D eigenvalue weighted by Crippen LogP contribution is 2.48. The van der Waals surface area contributed by atoms with Crippen molar-refractivity contribution in [3.05, 3.63) is 51.2 Å². The van der Waals surface area contributed by atoms with Gasteiger partial charge in [-0.15, -0.1) is 0 Å². The third-order valence-corrected chi connectivity index (χ3v) is 6.21. The second-order valence-electron chi connectivity index (χ2n) is 8.03. The highest BCUT2D eigenvalue weighted by Gasteiger charge is 2.44. The van der Waals surface area contributed by atoms with Crippen molar-refractivity contribution in [2.45, 2.75) is 57.0 Å². The van der Waals surface area contributed by atoms with Gasteiger partial charge in [0.2, 0.25) is 0 Å². The van der Waals surface area contributed by atoms with Crippen molar-refractivity contribution in [1.82, 2.24) is 25.0 Å². The molecule has 1 aromatic heterocycles. The number of aliphatic imine (C=N–C) groups is 1. The lowest BCUT2D eigenvalue weighted by molar-refractivity contribution is 0.509. The van der Waals surface area contributed by atoms with Gasteiger partial charge in [-0.2, -0.15) is 5.10 Å². The Morgan fingerprint density at radius 3 is 2.90 bits per heavy atom. The first kappa shape index (κ1) is 20.0. The summed E-state index contributed by atoms with van der Waals surface area (Å²) in [6.07, 6.45) is 6.23. The van der Waals surface area contributed by atoms with Gasteiger partial charge in [-0.05, 0) is 49.8 Å². The maximum Gasteiger partial charge on any atom is 0.345 e. The van der Waals surface area contributed by atoms with Gasteiger partial charge in [0.25, 0.3) is 0 Å². The number of hydrogen-bond acceptors (Lipinski definition) is 3. The van der Waals surface area contributed by atoms with Crippen molar-refractivity contribution in [1.29, 1.82) is 0 Å². The van der Waals surface area contributed by atoms with E-state index in [2.05, 4.69) is 32.9 Å². The summed E-state index contributed by atoms with van der Waals surface area (Å²) < 4.78 is 3.43. The van der Waals surface area contributed by atoms with Crippen LogP contribution < -0.4 is 16.3 Å². The maximum absolute atomic E-state index is 12.4.